The Labute approximate surface area is 128 Å². The second-order valence-corrected chi connectivity index (χ2v) is 6.95. The molecule has 2 fully saturated rings. The van der Waals surface area contributed by atoms with Crippen LogP contribution in [0.2, 0.25) is 0 Å². The standard InChI is InChI=1S/C17H30N4/c1-3-14-12-20(10-9-16(14)18)17-19-13(2)11-21(17)15-7-5-4-6-8-15/h11,14-16H,3-10,12,18H2,1-2H3. The molecule has 1 aromatic rings. The summed E-state index contributed by atoms with van der Waals surface area (Å²) in [7, 11) is 0. The molecule has 0 spiro atoms. The van der Waals surface area contributed by atoms with E-state index in [0.717, 1.165) is 25.2 Å². The number of piperidine rings is 1. The van der Waals surface area contributed by atoms with Crippen LogP contribution in [0.25, 0.3) is 0 Å². The number of aromatic nitrogens is 2. The highest BCUT2D eigenvalue weighted by Gasteiger charge is 2.29. The fourth-order valence-electron chi connectivity index (χ4n) is 4.03. The van der Waals surface area contributed by atoms with E-state index in [1.165, 1.54) is 44.5 Å². The van der Waals surface area contributed by atoms with Crippen molar-refractivity contribution >= 4 is 5.95 Å². The lowest BCUT2D eigenvalue weighted by Gasteiger charge is -2.38. The van der Waals surface area contributed by atoms with Crippen LogP contribution in [0.4, 0.5) is 5.95 Å². The molecule has 1 saturated carbocycles. The first-order valence-corrected chi connectivity index (χ1v) is 8.75. The second kappa shape index (κ2) is 6.39. The lowest BCUT2D eigenvalue weighted by molar-refractivity contribution is 0.327. The van der Waals surface area contributed by atoms with Gasteiger partial charge < -0.3 is 15.2 Å². The number of nitrogens with two attached hydrogens (primary N) is 1. The molecule has 118 valence electrons. The van der Waals surface area contributed by atoms with Crippen LogP contribution >= 0.6 is 0 Å². The molecule has 1 saturated heterocycles. The first kappa shape index (κ1) is 14.9. The minimum Gasteiger partial charge on any atom is -0.342 e. The number of rotatable bonds is 3. The van der Waals surface area contributed by atoms with Gasteiger partial charge in [-0.05, 0) is 32.1 Å². The molecule has 2 heterocycles. The van der Waals surface area contributed by atoms with Gasteiger partial charge in [0.25, 0.3) is 0 Å². The number of imidazole rings is 1. The van der Waals surface area contributed by atoms with Crippen molar-refractivity contribution in [2.45, 2.75) is 70.9 Å². The van der Waals surface area contributed by atoms with E-state index in [9.17, 15) is 0 Å². The molecular weight excluding hydrogens is 260 g/mol. The van der Waals surface area contributed by atoms with E-state index < -0.39 is 0 Å². The van der Waals surface area contributed by atoms with Gasteiger partial charge >= 0.3 is 0 Å². The third-order valence-electron chi connectivity index (χ3n) is 5.40. The molecule has 0 radical (unpaired) electrons. The average Bonchev–Trinajstić information content (AvgIpc) is 2.90. The quantitative estimate of drug-likeness (QED) is 0.929. The summed E-state index contributed by atoms with van der Waals surface area (Å²) in [4.78, 5) is 7.34. The maximum atomic E-state index is 6.26. The van der Waals surface area contributed by atoms with Crippen LogP contribution in [0.5, 0.6) is 0 Å². The second-order valence-electron chi connectivity index (χ2n) is 6.95. The van der Waals surface area contributed by atoms with Gasteiger partial charge in [0.2, 0.25) is 5.95 Å². The van der Waals surface area contributed by atoms with E-state index in [0.29, 0.717) is 18.0 Å². The fraction of sp³-hybridized carbons (Fsp3) is 0.824. The minimum atomic E-state index is 0.366. The molecule has 4 nitrogen and oxygen atoms in total. The van der Waals surface area contributed by atoms with Gasteiger partial charge in [-0.15, -0.1) is 0 Å². The topological polar surface area (TPSA) is 47.1 Å². The number of hydrogen-bond donors (Lipinski definition) is 1. The molecule has 21 heavy (non-hydrogen) atoms. The Morgan fingerprint density at radius 2 is 2.00 bits per heavy atom. The van der Waals surface area contributed by atoms with E-state index in [1.54, 1.807) is 0 Å². The summed E-state index contributed by atoms with van der Waals surface area (Å²) in [5.41, 5.74) is 7.41. The molecule has 1 aliphatic carbocycles. The van der Waals surface area contributed by atoms with Crippen molar-refractivity contribution in [2.75, 3.05) is 18.0 Å². The molecule has 2 unspecified atom stereocenters. The van der Waals surface area contributed by atoms with Gasteiger partial charge in [0.05, 0.1) is 5.69 Å². The number of aryl methyl sites for hydroxylation is 1. The summed E-state index contributed by atoms with van der Waals surface area (Å²) >= 11 is 0. The van der Waals surface area contributed by atoms with Gasteiger partial charge in [-0.3, -0.25) is 0 Å². The third-order valence-corrected chi connectivity index (χ3v) is 5.40. The van der Waals surface area contributed by atoms with Crippen LogP contribution in [0.1, 0.15) is 63.6 Å². The summed E-state index contributed by atoms with van der Waals surface area (Å²) in [6.07, 6.45) is 11.3. The summed E-state index contributed by atoms with van der Waals surface area (Å²) in [6.45, 7) is 6.50. The summed E-state index contributed by atoms with van der Waals surface area (Å²) in [6, 6.07) is 1.02. The molecule has 1 aliphatic heterocycles. The molecule has 0 amide bonds. The van der Waals surface area contributed by atoms with Crippen LogP contribution < -0.4 is 10.6 Å². The maximum absolute atomic E-state index is 6.26. The van der Waals surface area contributed by atoms with E-state index >= 15 is 0 Å². The molecule has 4 heteroatoms. The first-order chi connectivity index (χ1) is 10.2. The molecule has 0 bridgehead atoms. The van der Waals surface area contributed by atoms with Gasteiger partial charge in [-0.25, -0.2) is 4.98 Å². The van der Waals surface area contributed by atoms with Crippen LogP contribution in [0.15, 0.2) is 6.20 Å². The van der Waals surface area contributed by atoms with E-state index in [4.69, 9.17) is 10.7 Å². The van der Waals surface area contributed by atoms with Crippen molar-refractivity contribution < 1.29 is 0 Å². The van der Waals surface area contributed by atoms with E-state index in [2.05, 4.69) is 29.5 Å². The highest BCUT2D eigenvalue weighted by atomic mass is 15.3. The van der Waals surface area contributed by atoms with Gasteiger partial charge in [0, 0.05) is 31.4 Å². The van der Waals surface area contributed by atoms with Gasteiger partial charge in [-0.2, -0.15) is 0 Å². The zero-order valence-corrected chi connectivity index (χ0v) is 13.6. The molecule has 3 rings (SSSR count). The monoisotopic (exact) mass is 290 g/mol. The Balaban J connectivity index is 1.81. The largest absolute Gasteiger partial charge is 0.342 e. The van der Waals surface area contributed by atoms with Gasteiger partial charge in [0.1, 0.15) is 0 Å². The Morgan fingerprint density at radius 3 is 2.71 bits per heavy atom. The Hall–Kier alpha value is -1.03. The molecule has 2 atom stereocenters. The predicted molar refractivity (Wildman–Crippen MR) is 87.7 cm³/mol. The van der Waals surface area contributed by atoms with Crippen LogP contribution in [0.3, 0.4) is 0 Å². The summed E-state index contributed by atoms with van der Waals surface area (Å²) in [5, 5.41) is 0. The van der Waals surface area contributed by atoms with Crippen molar-refractivity contribution in [3.8, 4) is 0 Å². The first-order valence-electron chi connectivity index (χ1n) is 8.75. The van der Waals surface area contributed by atoms with Gasteiger partial charge in [-0.1, -0.05) is 32.6 Å². The van der Waals surface area contributed by atoms with Crippen LogP contribution in [0, 0.1) is 12.8 Å². The normalized spacial score (nSPS) is 28.0. The molecule has 1 aromatic heterocycles. The van der Waals surface area contributed by atoms with Crippen molar-refractivity contribution in [3.63, 3.8) is 0 Å². The van der Waals surface area contributed by atoms with Crippen molar-refractivity contribution in [1.29, 1.82) is 0 Å². The minimum absolute atomic E-state index is 0.366. The van der Waals surface area contributed by atoms with Crippen LogP contribution in [-0.4, -0.2) is 28.7 Å². The maximum Gasteiger partial charge on any atom is 0.205 e. The molecule has 2 N–H and O–H groups in total. The SMILES string of the molecule is CCC1CN(c2nc(C)cn2C2CCCCC2)CCC1N. The van der Waals surface area contributed by atoms with Gasteiger partial charge in [0.15, 0.2) is 0 Å². The lowest BCUT2D eigenvalue weighted by Crippen LogP contribution is -2.47. The summed E-state index contributed by atoms with van der Waals surface area (Å²) < 4.78 is 2.47. The average molecular weight is 290 g/mol. The highest BCUT2D eigenvalue weighted by Crippen LogP contribution is 2.33. The van der Waals surface area contributed by atoms with E-state index in [1.807, 2.05) is 0 Å². The zero-order valence-electron chi connectivity index (χ0n) is 13.6. The lowest BCUT2D eigenvalue weighted by atomic mass is 9.91. The summed E-state index contributed by atoms with van der Waals surface area (Å²) in [5.74, 6) is 1.81. The number of nitrogens with zero attached hydrogens (tertiary/aromatic N) is 3. The number of anilines is 1. The Morgan fingerprint density at radius 1 is 1.24 bits per heavy atom. The fourth-order valence-corrected chi connectivity index (χ4v) is 4.03. The Bertz CT molecular complexity index is 461. The third kappa shape index (κ3) is 3.10. The van der Waals surface area contributed by atoms with Crippen molar-refractivity contribution in [3.05, 3.63) is 11.9 Å². The number of hydrogen-bond acceptors (Lipinski definition) is 3. The highest BCUT2D eigenvalue weighted by molar-refractivity contribution is 5.35. The van der Waals surface area contributed by atoms with Crippen molar-refractivity contribution in [2.24, 2.45) is 11.7 Å². The molecule has 0 aromatic carbocycles. The predicted octanol–water partition coefficient (Wildman–Crippen LogP) is 3.26. The van der Waals surface area contributed by atoms with E-state index in [-0.39, 0.29) is 0 Å². The van der Waals surface area contributed by atoms with Crippen LogP contribution in [-0.2, 0) is 0 Å². The molecule has 2 aliphatic rings. The van der Waals surface area contributed by atoms with Crippen molar-refractivity contribution in [1.82, 2.24) is 9.55 Å². The zero-order chi connectivity index (χ0) is 14.8. The Kier molecular flexibility index (Phi) is 4.53. The smallest absolute Gasteiger partial charge is 0.205 e. The molecular formula is C17H30N4.